The van der Waals surface area contributed by atoms with E-state index in [1.54, 1.807) is 0 Å². The SMILES string of the molecule is C=C(OCc1ccccc1)[C@H](Cc1cc2ccccc2[nH]1)NC(=O)C(C(C)C)C1CC(CN)C(O)C(O)C1N=O. The predicted molar refractivity (Wildman–Crippen MR) is 155 cm³/mol. The van der Waals surface area contributed by atoms with E-state index in [1.165, 1.54) is 0 Å². The number of fused-ring (bicyclic) bond motifs is 1. The van der Waals surface area contributed by atoms with E-state index < -0.39 is 42.0 Å². The van der Waals surface area contributed by atoms with Crippen molar-refractivity contribution in [3.8, 4) is 0 Å². The Morgan fingerprint density at radius 1 is 1.15 bits per heavy atom. The molecular formula is C31H40N4O5. The lowest BCUT2D eigenvalue weighted by Crippen LogP contribution is -2.56. The molecule has 0 saturated heterocycles. The van der Waals surface area contributed by atoms with Gasteiger partial charge in [0, 0.05) is 29.5 Å². The van der Waals surface area contributed by atoms with Crippen molar-refractivity contribution in [3.63, 3.8) is 0 Å². The van der Waals surface area contributed by atoms with E-state index in [-0.39, 0.29) is 18.4 Å². The molecule has 0 spiro atoms. The van der Waals surface area contributed by atoms with E-state index in [1.807, 2.05) is 74.5 Å². The highest BCUT2D eigenvalue weighted by molar-refractivity contribution is 5.81. The lowest BCUT2D eigenvalue weighted by Gasteiger charge is -2.43. The van der Waals surface area contributed by atoms with Gasteiger partial charge in [-0.05, 0) is 47.9 Å². The summed E-state index contributed by atoms with van der Waals surface area (Å²) >= 11 is 0. The zero-order chi connectivity index (χ0) is 28.8. The molecule has 1 aliphatic rings. The molecule has 6 unspecified atom stereocenters. The van der Waals surface area contributed by atoms with Crippen LogP contribution in [-0.2, 0) is 22.6 Å². The molecule has 0 aliphatic heterocycles. The number of nitrogens with zero attached hydrogens (tertiary/aromatic N) is 1. The fourth-order valence-corrected chi connectivity index (χ4v) is 5.92. The summed E-state index contributed by atoms with van der Waals surface area (Å²) in [7, 11) is 0. The van der Waals surface area contributed by atoms with Gasteiger partial charge in [-0.15, -0.1) is 0 Å². The van der Waals surface area contributed by atoms with Crippen LogP contribution in [0.4, 0.5) is 0 Å². The van der Waals surface area contributed by atoms with Crippen LogP contribution in [0.15, 0.2) is 78.2 Å². The second-order valence-electron chi connectivity index (χ2n) is 11.1. The van der Waals surface area contributed by atoms with Crippen molar-refractivity contribution in [3.05, 3.63) is 89.2 Å². The third-order valence-electron chi connectivity index (χ3n) is 8.09. The van der Waals surface area contributed by atoms with Gasteiger partial charge >= 0.3 is 0 Å². The third-order valence-corrected chi connectivity index (χ3v) is 8.09. The Morgan fingerprint density at radius 3 is 2.50 bits per heavy atom. The van der Waals surface area contributed by atoms with Gasteiger partial charge in [-0.2, -0.15) is 4.91 Å². The number of nitrogens with two attached hydrogens (primary N) is 1. The highest BCUT2D eigenvalue weighted by atomic mass is 16.5. The number of benzene rings is 2. The number of carbonyl (C=O) groups excluding carboxylic acids is 1. The molecule has 214 valence electrons. The molecule has 4 rings (SSSR count). The number of hydrogen-bond donors (Lipinski definition) is 5. The maximum absolute atomic E-state index is 13.9. The van der Waals surface area contributed by atoms with Crippen molar-refractivity contribution in [1.82, 2.24) is 10.3 Å². The minimum atomic E-state index is -1.38. The zero-order valence-corrected chi connectivity index (χ0v) is 23.1. The molecule has 1 fully saturated rings. The number of nitrogens with one attached hydrogen (secondary N) is 2. The molecule has 1 aliphatic carbocycles. The molecule has 40 heavy (non-hydrogen) atoms. The normalized spacial score (nSPS) is 24.4. The van der Waals surface area contributed by atoms with Crippen LogP contribution < -0.4 is 11.1 Å². The van der Waals surface area contributed by atoms with E-state index in [2.05, 4.69) is 22.1 Å². The van der Waals surface area contributed by atoms with E-state index in [4.69, 9.17) is 10.5 Å². The van der Waals surface area contributed by atoms with Crippen LogP contribution in [0.25, 0.3) is 10.9 Å². The number of aliphatic hydroxyl groups is 2. The smallest absolute Gasteiger partial charge is 0.224 e. The van der Waals surface area contributed by atoms with Crippen molar-refractivity contribution in [2.75, 3.05) is 6.54 Å². The average Bonchev–Trinajstić information content (AvgIpc) is 3.36. The van der Waals surface area contributed by atoms with Crippen LogP contribution in [0.5, 0.6) is 0 Å². The van der Waals surface area contributed by atoms with Crippen LogP contribution in [0.2, 0.25) is 0 Å². The maximum atomic E-state index is 13.9. The fraction of sp³-hybridized carbons (Fsp3) is 0.452. The summed E-state index contributed by atoms with van der Waals surface area (Å²) in [5, 5.41) is 28.5. The Hall–Kier alpha value is -3.53. The maximum Gasteiger partial charge on any atom is 0.224 e. The van der Waals surface area contributed by atoms with E-state index in [9.17, 15) is 19.9 Å². The monoisotopic (exact) mass is 548 g/mol. The highest BCUT2D eigenvalue weighted by Crippen LogP contribution is 2.39. The number of carbonyl (C=O) groups is 1. The first-order chi connectivity index (χ1) is 19.2. The highest BCUT2D eigenvalue weighted by Gasteiger charge is 2.49. The summed E-state index contributed by atoms with van der Waals surface area (Å²) in [4.78, 5) is 29.2. The van der Waals surface area contributed by atoms with Crippen molar-refractivity contribution < 1.29 is 19.7 Å². The Balaban J connectivity index is 1.58. The van der Waals surface area contributed by atoms with Crippen molar-refractivity contribution in [2.24, 2.45) is 34.6 Å². The van der Waals surface area contributed by atoms with Gasteiger partial charge in [-0.25, -0.2) is 0 Å². The number of hydrogen-bond acceptors (Lipinski definition) is 7. The molecule has 1 amide bonds. The van der Waals surface area contributed by atoms with Gasteiger partial charge in [-0.1, -0.05) is 74.1 Å². The second kappa shape index (κ2) is 13.2. The lowest BCUT2D eigenvalue weighted by atomic mass is 9.66. The van der Waals surface area contributed by atoms with Gasteiger partial charge in [0.1, 0.15) is 24.5 Å². The molecule has 1 saturated carbocycles. The summed E-state index contributed by atoms with van der Waals surface area (Å²) in [6.45, 7) is 8.38. The largest absolute Gasteiger partial charge is 0.492 e. The second-order valence-corrected chi connectivity index (χ2v) is 11.1. The first-order valence-electron chi connectivity index (χ1n) is 13.8. The van der Waals surface area contributed by atoms with Crippen LogP contribution in [0.1, 0.15) is 31.5 Å². The molecule has 3 aromatic rings. The number of aliphatic hydroxyl groups excluding tert-OH is 2. The number of amides is 1. The summed E-state index contributed by atoms with van der Waals surface area (Å²) < 4.78 is 6.05. The first kappa shape index (κ1) is 29.5. The Bertz CT molecular complexity index is 1260. The van der Waals surface area contributed by atoms with E-state index in [0.717, 1.165) is 22.2 Å². The number of ether oxygens (including phenoxy) is 1. The van der Waals surface area contributed by atoms with Crippen LogP contribution in [0, 0.1) is 28.6 Å². The topological polar surface area (TPSA) is 150 Å². The molecule has 6 N–H and O–H groups in total. The molecule has 9 nitrogen and oxygen atoms in total. The Labute approximate surface area is 234 Å². The quantitative estimate of drug-likeness (QED) is 0.172. The first-order valence-corrected chi connectivity index (χ1v) is 13.8. The molecule has 1 aromatic heterocycles. The fourth-order valence-electron chi connectivity index (χ4n) is 5.92. The Morgan fingerprint density at radius 2 is 1.85 bits per heavy atom. The number of aromatic nitrogens is 1. The van der Waals surface area contributed by atoms with Gasteiger partial charge in [0.05, 0.1) is 12.1 Å². The Kier molecular flexibility index (Phi) is 9.73. The van der Waals surface area contributed by atoms with Gasteiger partial charge in [-0.3, -0.25) is 4.79 Å². The zero-order valence-electron chi connectivity index (χ0n) is 23.1. The minimum absolute atomic E-state index is 0.125. The molecule has 7 atom stereocenters. The summed E-state index contributed by atoms with van der Waals surface area (Å²) in [5.41, 5.74) is 8.73. The van der Waals surface area contributed by atoms with Gasteiger partial charge in [0.2, 0.25) is 5.91 Å². The average molecular weight is 549 g/mol. The summed E-state index contributed by atoms with van der Waals surface area (Å²) in [6, 6.07) is 18.0. The van der Waals surface area contributed by atoms with Gasteiger partial charge in [0.25, 0.3) is 0 Å². The number of H-pyrrole nitrogens is 1. The number of aromatic amines is 1. The molecular weight excluding hydrogens is 508 g/mol. The van der Waals surface area contributed by atoms with Crippen molar-refractivity contribution >= 4 is 16.8 Å². The van der Waals surface area contributed by atoms with E-state index in [0.29, 0.717) is 25.2 Å². The molecule has 1 heterocycles. The van der Waals surface area contributed by atoms with E-state index >= 15 is 0 Å². The molecule has 9 heteroatoms. The standard InChI is InChI=1S/C31H40N4O5/c1-18(2)27(24-14-22(16-32)29(36)30(37)28(24)35-39)31(38)34-26(19(3)40-17-20-9-5-4-6-10-20)15-23-13-21-11-7-8-12-25(21)33-23/h4-13,18,22,24,26-30,33,36-37H,3,14-17,32H2,1-2H3,(H,34,38)/t22?,24?,26-,27?,28?,29?,30?/m0/s1. The predicted octanol–water partition coefficient (Wildman–Crippen LogP) is 3.65. The van der Waals surface area contributed by atoms with Crippen LogP contribution in [-0.4, -0.2) is 51.9 Å². The molecule has 0 bridgehead atoms. The minimum Gasteiger partial charge on any atom is -0.492 e. The van der Waals surface area contributed by atoms with Crippen molar-refractivity contribution in [1.29, 1.82) is 0 Å². The lowest BCUT2D eigenvalue weighted by molar-refractivity contribution is -0.134. The number of para-hydroxylation sites is 1. The third kappa shape index (κ3) is 6.60. The van der Waals surface area contributed by atoms with Crippen LogP contribution in [0.3, 0.4) is 0 Å². The summed E-state index contributed by atoms with van der Waals surface area (Å²) in [5.74, 6) is -1.76. The van der Waals surface area contributed by atoms with Crippen LogP contribution >= 0.6 is 0 Å². The number of rotatable bonds is 12. The molecule has 2 aromatic carbocycles. The summed E-state index contributed by atoms with van der Waals surface area (Å²) in [6.07, 6.45) is -1.84. The van der Waals surface area contributed by atoms with Gasteiger partial charge in [0.15, 0.2) is 0 Å². The number of nitroso groups, excluding NO2 is 1. The van der Waals surface area contributed by atoms with Crippen molar-refractivity contribution in [2.45, 2.75) is 57.6 Å². The van der Waals surface area contributed by atoms with Gasteiger partial charge < -0.3 is 31.0 Å². The molecule has 0 radical (unpaired) electrons.